The molecule has 1 amide bonds. The van der Waals surface area contributed by atoms with E-state index in [0.29, 0.717) is 25.3 Å². The number of nitrogens with zero attached hydrogens (tertiary/aromatic N) is 1. The first kappa shape index (κ1) is 13.5. The highest BCUT2D eigenvalue weighted by atomic mass is 19.1. The van der Waals surface area contributed by atoms with Gasteiger partial charge < -0.3 is 15.3 Å². The van der Waals surface area contributed by atoms with Gasteiger partial charge in [-0.2, -0.15) is 0 Å². The predicted octanol–water partition coefficient (Wildman–Crippen LogP) is 1.17. The Bertz CT molecular complexity index is 487. The molecule has 0 spiro atoms. The molecule has 1 aromatic carbocycles. The predicted molar refractivity (Wildman–Crippen MR) is 67.2 cm³/mol. The molecule has 1 heterocycles. The lowest BCUT2D eigenvalue weighted by molar-refractivity contribution is -0.147. The molecule has 2 rings (SSSR count). The van der Waals surface area contributed by atoms with Gasteiger partial charge in [0.25, 0.3) is 0 Å². The van der Waals surface area contributed by atoms with Gasteiger partial charge in [0.2, 0.25) is 5.91 Å². The molecule has 1 aromatic rings. The quantitative estimate of drug-likeness (QED) is 0.839. The normalized spacial score (nSPS) is 15.8. The highest BCUT2D eigenvalue weighted by Crippen LogP contribution is 2.16. The summed E-state index contributed by atoms with van der Waals surface area (Å²) < 4.78 is 12.9. The molecule has 1 fully saturated rings. The van der Waals surface area contributed by atoms with Gasteiger partial charge in [-0.25, -0.2) is 4.39 Å². The van der Waals surface area contributed by atoms with Crippen molar-refractivity contribution in [3.63, 3.8) is 0 Å². The summed E-state index contributed by atoms with van der Waals surface area (Å²) in [5.74, 6) is -1.71. The highest BCUT2D eigenvalue weighted by molar-refractivity contribution is 5.90. The van der Waals surface area contributed by atoms with Crippen LogP contribution in [-0.4, -0.2) is 41.5 Å². The summed E-state index contributed by atoms with van der Waals surface area (Å²) in [6, 6.07) is 5.70. The van der Waals surface area contributed by atoms with Crippen molar-refractivity contribution >= 4 is 17.6 Å². The molecule has 1 aliphatic rings. The van der Waals surface area contributed by atoms with E-state index in [0.717, 1.165) is 0 Å². The summed E-state index contributed by atoms with van der Waals surface area (Å²) in [7, 11) is 0. The molecule has 5 nitrogen and oxygen atoms in total. The van der Waals surface area contributed by atoms with Gasteiger partial charge in [-0.1, -0.05) is 6.07 Å². The smallest absolute Gasteiger partial charge is 0.309 e. The molecular weight excluding hydrogens is 251 g/mol. The number of carbonyl (C=O) groups is 2. The largest absolute Gasteiger partial charge is 0.481 e. The van der Waals surface area contributed by atoms with Crippen LogP contribution in [0.1, 0.15) is 6.42 Å². The Balaban J connectivity index is 1.70. The summed E-state index contributed by atoms with van der Waals surface area (Å²) in [6.07, 6.45) is 0.267. The monoisotopic (exact) mass is 266 g/mol. The van der Waals surface area contributed by atoms with Gasteiger partial charge in [-0.3, -0.25) is 9.59 Å². The maximum atomic E-state index is 12.9. The Labute approximate surface area is 110 Å². The fourth-order valence-electron chi connectivity index (χ4n) is 1.96. The molecule has 0 aliphatic carbocycles. The topological polar surface area (TPSA) is 69.6 Å². The van der Waals surface area contributed by atoms with E-state index < -0.39 is 11.8 Å². The van der Waals surface area contributed by atoms with E-state index in [9.17, 15) is 14.0 Å². The van der Waals surface area contributed by atoms with Crippen molar-refractivity contribution in [1.82, 2.24) is 4.90 Å². The van der Waals surface area contributed by atoms with E-state index in [1.165, 1.54) is 18.2 Å². The second-order valence-electron chi connectivity index (χ2n) is 4.60. The van der Waals surface area contributed by atoms with Gasteiger partial charge in [0.05, 0.1) is 5.92 Å². The lowest BCUT2D eigenvalue weighted by Crippen LogP contribution is -2.50. The van der Waals surface area contributed by atoms with Gasteiger partial charge in [0.15, 0.2) is 0 Å². The van der Waals surface area contributed by atoms with Crippen molar-refractivity contribution < 1.29 is 19.1 Å². The van der Waals surface area contributed by atoms with Gasteiger partial charge in [-0.05, 0) is 18.2 Å². The number of carboxylic acid groups (broad SMARTS) is 1. The molecule has 0 radical (unpaired) electrons. The number of hydrogen-bond acceptors (Lipinski definition) is 3. The van der Waals surface area contributed by atoms with Crippen LogP contribution in [0.2, 0.25) is 0 Å². The zero-order valence-electron chi connectivity index (χ0n) is 10.3. The summed E-state index contributed by atoms with van der Waals surface area (Å²) in [6.45, 7) is 1.50. The lowest BCUT2D eigenvalue weighted by Gasteiger charge is -2.36. The molecule has 1 aliphatic heterocycles. The molecule has 6 heteroatoms. The van der Waals surface area contributed by atoms with Crippen molar-refractivity contribution in [2.75, 3.05) is 25.0 Å². The molecule has 0 bridgehead atoms. The first-order valence-corrected chi connectivity index (χ1v) is 6.05. The van der Waals surface area contributed by atoms with E-state index in [4.69, 9.17) is 5.11 Å². The number of carbonyl (C=O) groups excluding carboxylic acids is 1. The van der Waals surface area contributed by atoms with Gasteiger partial charge in [-0.15, -0.1) is 0 Å². The van der Waals surface area contributed by atoms with Crippen LogP contribution in [-0.2, 0) is 9.59 Å². The van der Waals surface area contributed by atoms with Crippen LogP contribution in [0.25, 0.3) is 0 Å². The number of benzene rings is 1. The van der Waals surface area contributed by atoms with Crippen molar-refractivity contribution in [1.29, 1.82) is 0 Å². The number of aliphatic carboxylic acids is 1. The average molecular weight is 266 g/mol. The Morgan fingerprint density at radius 1 is 1.42 bits per heavy atom. The zero-order valence-corrected chi connectivity index (χ0v) is 10.3. The third kappa shape index (κ3) is 3.75. The number of rotatable bonds is 5. The molecule has 0 saturated carbocycles. The first-order chi connectivity index (χ1) is 9.04. The van der Waals surface area contributed by atoms with E-state index in [2.05, 4.69) is 5.32 Å². The van der Waals surface area contributed by atoms with Crippen LogP contribution in [0.15, 0.2) is 24.3 Å². The van der Waals surface area contributed by atoms with E-state index >= 15 is 0 Å². The third-order valence-corrected chi connectivity index (χ3v) is 3.07. The number of likely N-dealkylation sites (tertiary alicyclic amines) is 1. The van der Waals surface area contributed by atoms with Gasteiger partial charge in [0, 0.05) is 31.7 Å². The molecule has 102 valence electrons. The fourth-order valence-corrected chi connectivity index (χ4v) is 1.96. The average Bonchev–Trinajstić information content (AvgIpc) is 2.26. The van der Waals surface area contributed by atoms with Gasteiger partial charge >= 0.3 is 5.97 Å². The van der Waals surface area contributed by atoms with Crippen LogP contribution >= 0.6 is 0 Å². The summed E-state index contributed by atoms with van der Waals surface area (Å²) >= 11 is 0. The fraction of sp³-hybridized carbons (Fsp3) is 0.385. The number of hydrogen-bond donors (Lipinski definition) is 2. The minimum atomic E-state index is -0.791. The summed E-state index contributed by atoms with van der Waals surface area (Å²) in [5.41, 5.74) is 0.428. The van der Waals surface area contributed by atoms with E-state index in [1.807, 2.05) is 4.90 Å². The summed E-state index contributed by atoms with van der Waals surface area (Å²) in [4.78, 5) is 24.1. The Hall–Kier alpha value is -1.95. The molecule has 19 heavy (non-hydrogen) atoms. The van der Waals surface area contributed by atoms with Crippen LogP contribution in [0, 0.1) is 11.7 Å². The lowest BCUT2D eigenvalue weighted by atomic mass is 10.0. The molecule has 1 saturated heterocycles. The minimum absolute atomic E-state index is 0.204. The number of halogens is 1. The first-order valence-electron chi connectivity index (χ1n) is 6.05. The molecule has 0 unspecified atom stereocenters. The zero-order chi connectivity index (χ0) is 13.8. The van der Waals surface area contributed by atoms with E-state index in [1.54, 1.807) is 6.07 Å². The SMILES string of the molecule is O=C(CCN1CC(C(=O)O)C1)Nc1cccc(F)c1. The number of nitrogens with one attached hydrogen (secondary N) is 1. The minimum Gasteiger partial charge on any atom is -0.481 e. The Kier molecular flexibility index (Phi) is 4.11. The van der Waals surface area contributed by atoms with Crippen LogP contribution in [0.5, 0.6) is 0 Å². The van der Waals surface area contributed by atoms with Crippen molar-refractivity contribution in [3.8, 4) is 0 Å². The standard InChI is InChI=1S/C13H15FN2O3/c14-10-2-1-3-11(6-10)15-12(17)4-5-16-7-9(8-16)13(18)19/h1-3,6,9H,4-5,7-8H2,(H,15,17)(H,18,19). The van der Waals surface area contributed by atoms with Crippen LogP contribution < -0.4 is 5.32 Å². The molecular formula is C13H15FN2O3. The maximum absolute atomic E-state index is 12.9. The van der Waals surface area contributed by atoms with Crippen molar-refractivity contribution in [3.05, 3.63) is 30.1 Å². The third-order valence-electron chi connectivity index (χ3n) is 3.07. The Morgan fingerprint density at radius 2 is 2.16 bits per heavy atom. The van der Waals surface area contributed by atoms with Crippen LogP contribution in [0.4, 0.5) is 10.1 Å². The molecule has 0 atom stereocenters. The van der Waals surface area contributed by atoms with Crippen LogP contribution in [0.3, 0.4) is 0 Å². The highest BCUT2D eigenvalue weighted by Gasteiger charge is 2.32. The van der Waals surface area contributed by atoms with E-state index in [-0.39, 0.29) is 18.2 Å². The van der Waals surface area contributed by atoms with Crippen molar-refractivity contribution in [2.45, 2.75) is 6.42 Å². The number of carboxylic acids is 1. The second-order valence-corrected chi connectivity index (χ2v) is 4.60. The van der Waals surface area contributed by atoms with Gasteiger partial charge in [0.1, 0.15) is 5.82 Å². The molecule has 2 N–H and O–H groups in total. The number of amides is 1. The number of anilines is 1. The maximum Gasteiger partial charge on any atom is 0.309 e. The Morgan fingerprint density at radius 3 is 2.79 bits per heavy atom. The molecule has 0 aromatic heterocycles. The second kappa shape index (κ2) is 5.79. The van der Waals surface area contributed by atoms with Crippen molar-refractivity contribution in [2.24, 2.45) is 5.92 Å². The summed E-state index contributed by atoms with van der Waals surface area (Å²) in [5, 5.41) is 11.3.